The highest BCUT2D eigenvalue weighted by Gasteiger charge is 2.13. The molecule has 0 spiro atoms. The van der Waals surface area contributed by atoms with E-state index in [1.54, 1.807) is 24.5 Å². The maximum absolute atomic E-state index is 5.24. The molecule has 4 aromatic rings. The molecule has 0 atom stereocenters. The molecule has 0 aromatic carbocycles. The van der Waals surface area contributed by atoms with Gasteiger partial charge in [0.15, 0.2) is 5.76 Å². The Kier molecular flexibility index (Phi) is 4.10. The lowest BCUT2D eigenvalue weighted by molar-refractivity contribution is 0.385. The van der Waals surface area contributed by atoms with Gasteiger partial charge < -0.3 is 14.4 Å². The lowest BCUT2D eigenvalue weighted by Gasteiger charge is -2.07. The lowest BCUT2D eigenvalue weighted by Crippen LogP contribution is -1.99. The van der Waals surface area contributed by atoms with Crippen molar-refractivity contribution in [3.63, 3.8) is 0 Å². The van der Waals surface area contributed by atoms with Gasteiger partial charge in [-0.2, -0.15) is 0 Å². The van der Waals surface area contributed by atoms with E-state index in [0.29, 0.717) is 23.0 Å². The molecule has 130 valence electrons. The number of thiophene rings is 1. The zero-order valence-electron chi connectivity index (χ0n) is 14.2. The van der Waals surface area contributed by atoms with Crippen molar-refractivity contribution in [2.45, 2.75) is 13.8 Å². The second kappa shape index (κ2) is 6.57. The molecule has 0 bridgehead atoms. The summed E-state index contributed by atoms with van der Waals surface area (Å²) in [6.45, 7) is 7.82. The molecular formula is C18H15N5O2S. The Morgan fingerprint density at radius 3 is 2.73 bits per heavy atom. The van der Waals surface area contributed by atoms with Crippen LogP contribution in [0.2, 0.25) is 0 Å². The first-order valence-electron chi connectivity index (χ1n) is 7.85. The largest absolute Gasteiger partial charge is 0.355 e. The number of rotatable bonds is 5. The number of pyridine rings is 1. The van der Waals surface area contributed by atoms with Crippen molar-refractivity contribution in [3.05, 3.63) is 60.3 Å². The van der Waals surface area contributed by atoms with E-state index in [4.69, 9.17) is 9.05 Å². The van der Waals surface area contributed by atoms with Gasteiger partial charge in [0.25, 0.3) is 0 Å². The highest BCUT2D eigenvalue weighted by molar-refractivity contribution is 7.19. The van der Waals surface area contributed by atoms with Crippen molar-refractivity contribution in [2.24, 2.45) is 0 Å². The minimum Gasteiger partial charge on any atom is -0.355 e. The number of nitrogens with zero attached hydrogens (tertiary/aromatic N) is 4. The Hall–Kier alpha value is -3.26. The fourth-order valence-corrected chi connectivity index (χ4v) is 3.67. The third-order valence-electron chi connectivity index (χ3n) is 3.83. The summed E-state index contributed by atoms with van der Waals surface area (Å²) < 4.78 is 10.3. The van der Waals surface area contributed by atoms with Crippen LogP contribution in [-0.4, -0.2) is 20.5 Å². The summed E-state index contributed by atoms with van der Waals surface area (Å²) in [4.78, 5) is 6.65. The first-order chi connectivity index (χ1) is 12.6. The Bertz CT molecular complexity index is 1050. The molecule has 0 aliphatic rings. The summed E-state index contributed by atoms with van der Waals surface area (Å²) in [6.07, 6.45) is 3.47. The van der Waals surface area contributed by atoms with Gasteiger partial charge in [0.2, 0.25) is 5.76 Å². The van der Waals surface area contributed by atoms with Crippen LogP contribution in [0, 0.1) is 13.8 Å². The lowest BCUT2D eigenvalue weighted by atomic mass is 10.1. The molecule has 4 aromatic heterocycles. The Morgan fingerprint density at radius 2 is 2.08 bits per heavy atom. The molecule has 0 aliphatic heterocycles. The van der Waals surface area contributed by atoms with Gasteiger partial charge in [-0.15, -0.1) is 16.4 Å². The Labute approximate surface area is 153 Å². The van der Waals surface area contributed by atoms with Crippen LogP contribution < -0.4 is 5.32 Å². The fourth-order valence-electron chi connectivity index (χ4n) is 2.55. The molecule has 0 saturated carbocycles. The van der Waals surface area contributed by atoms with Gasteiger partial charge in [-0.25, -0.2) is 4.98 Å². The van der Waals surface area contributed by atoms with Gasteiger partial charge in [0, 0.05) is 28.0 Å². The van der Waals surface area contributed by atoms with Gasteiger partial charge in [-0.1, -0.05) is 11.7 Å². The minimum absolute atomic E-state index is 0.515. The molecule has 0 aliphatic carbocycles. The van der Waals surface area contributed by atoms with Crippen LogP contribution in [0.3, 0.4) is 0 Å². The number of hydrogen-bond donors (Lipinski definition) is 1. The maximum atomic E-state index is 5.24. The second-order valence-electron chi connectivity index (χ2n) is 5.72. The van der Waals surface area contributed by atoms with Crippen LogP contribution in [0.5, 0.6) is 0 Å². The van der Waals surface area contributed by atoms with Gasteiger partial charge >= 0.3 is 0 Å². The average molecular weight is 365 g/mol. The molecule has 26 heavy (non-hydrogen) atoms. The second-order valence-corrected chi connectivity index (χ2v) is 6.77. The van der Waals surface area contributed by atoms with Gasteiger partial charge in [0.1, 0.15) is 11.5 Å². The molecule has 0 amide bonds. The van der Waals surface area contributed by atoms with Crippen molar-refractivity contribution >= 4 is 22.9 Å². The van der Waals surface area contributed by atoms with E-state index in [0.717, 1.165) is 26.6 Å². The number of hydrogen-bond acceptors (Lipinski definition) is 8. The van der Waals surface area contributed by atoms with Crippen molar-refractivity contribution in [1.29, 1.82) is 0 Å². The summed E-state index contributed by atoms with van der Waals surface area (Å²) in [5.41, 5.74) is 3.43. The van der Waals surface area contributed by atoms with Crippen LogP contribution in [0.4, 0.5) is 5.82 Å². The number of nitrogens with one attached hydrogen (secondary N) is 1. The van der Waals surface area contributed by atoms with E-state index < -0.39 is 0 Å². The summed E-state index contributed by atoms with van der Waals surface area (Å²) in [5.74, 6) is 1.95. The molecule has 4 rings (SSSR count). The van der Waals surface area contributed by atoms with E-state index in [1.165, 1.54) is 0 Å². The predicted molar refractivity (Wildman–Crippen MR) is 99.5 cm³/mol. The first-order valence-corrected chi connectivity index (χ1v) is 8.66. The predicted octanol–water partition coefficient (Wildman–Crippen LogP) is 4.55. The van der Waals surface area contributed by atoms with Crippen molar-refractivity contribution in [3.8, 4) is 21.1 Å². The van der Waals surface area contributed by atoms with Crippen molar-refractivity contribution < 1.29 is 9.05 Å². The molecule has 0 saturated heterocycles. The molecule has 0 radical (unpaired) electrons. The Balaban J connectivity index is 1.55. The van der Waals surface area contributed by atoms with Gasteiger partial charge in [-0.05, 0) is 37.6 Å². The van der Waals surface area contributed by atoms with Crippen LogP contribution in [0.15, 0.2) is 52.3 Å². The van der Waals surface area contributed by atoms with Crippen LogP contribution in [0.25, 0.3) is 26.8 Å². The van der Waals surface area contributed by atoms with Gasteiger partial charge in [0.05, 0.1) is 16.8 Å². The molecule has 0 unspecified atom stereocenters. The average Bonchev–Trinajstić information content (AvgIpc) is 3.36. The zero-order chi connectivity index (χ0) is 18.1. The Morgan fingerprint density at radius 1 is 1.19 bits per heavy atom. The summed E-state index contributed by atoms with van der Waals surface area (Å²) >= 11 is 1.65. The molecule has 1 N–H and O–H groups in total. The SMILES string of the molecule is C=C(Nc1ccc(-c2sc(-c3ccno3)cc2C)cn1)c1onnc1C. The highest BCUT2D eigenvalue weighted by atomic mass is 32.1. The van der Waals surface area contributed by atoms with E-state index >= 15 is 0 Å². The monoisotopic (exact) mass is 365 g/mol. The number of aryl methyl sites for hydroxylation is 2. The van der Waals surface area contributed by atoms with E-state index in [-0.39, 0.29) is 0 Å². The standard InChI is InChI=1S/C18H15N5O2S/c1-10-8-15(14-6-7-20-24-14)26-18(10)13-4-5-16(19-9-13)21-11(2)17-12(3)22-23-25-17/h4-9H,2H2,1,3H3,(H,19,21). The highest BCUT2D eigenvalue weighted by Crippen LogP contribution is 2.37. The molecule has 7 nitrogen and oxygen atoms in total. The number of anilines is 1. The summed E-state index contributed by atoms with van der Waals surface area (Å²) in [7, 11) is 0. The van der Waals surface area contributed by atoms with Crippen LogP contribution in [-0.2, 0) is 0 Å². The van der Waals surface area contributed by atoms with Crippen molar-refractivity contribution in [2.75, 3.05) is 5.32 Å². The van der Waals surface area contributed by atoms with Crippen LogP contribution >= 0.6 is 11.3 Å². The molecule has 0 fully saturated rings. The van der Waals surface area contributed by atoms with E-state index in [1.807, 2.05) is 24.4 Å². The zero-order valence-corrected chi connectivity index (χ0v) is 15.0. The maximum Gasteiger partial charge on any atom is 0.205 e. The summed E-state index contributed by atoms with van der Waals surface area (Å²) in [6, 6.07) is 7.85. The van der Waals surface area contributed by atoms with E-state index in [2.05, 4.69) is 45.4 Å². The summed E-state index contributed by atoms with van der Waals surface area (Å²) in [5, 5.41) is 14.2. The third-order valence-corrected chi connectivity index (χ3v) is 5.13. The van der Waals surface area contributed by atoms with E-state index in [9.17, 15) is 0 Å². The smallest absolute Gasteiger partial charge is 0.205 e. The third kappa shape index (κ3) is 3.02. The first kappa shape index (κ1) is 16.2. The van der Waals surface area contributed by atoms with Crippen molar-refractivity contribution in [1.82, 2.24) is 20.5 Å². The molecule has 8 heteroatoms. The molecular weight excluding hydrogens is 350 g/mol. The van der Waals surface area contributed by atoms with Gasteiger partial charge in [-0.3, -0.25) is 0 Å². The topological polar surface area (TPSA) is 89.9 Å². The molecule has 4 heterocycles. The number of aromatic nitrogens is 4. The fraction of sp³-hybridized carbons (Fsp3) is 0.111. The van der Waals surface area contributed by atoms with Crippen LogP contribution in [0.1, 0.15) is 17.0 Å². The quantitative estimate of drug-likeness (QED) is 0.555. The normalized spacial score (nSPS) is 10.8. The minimum atomic E-state index is 0.515.